The van der Waals surface area contributed by atoms with Crippen LogP contribution in [0.15, 0.2) is 0 Å². The average molecular weight is 218 g/mol. The Morgan fingerprint density at radius 3 is 2.07 bits per heavy atom. The normalized spacial score (nSPS) is 25.7. The van der Waals surface area contributed by atoms with Crippen molar-refractivity contribution in [1.29, 1.82) is 0 Å². The second kappa shape index (κ2) is 6.68. The molecule has 1 saturated heterocycles. The molecule has 1 saturated carbocycles. The summed E-state index contributed by atoms with van der Waals surface area (Å²) in [5.41, 5.74) is 0. The zero-order chi connectivity index (χ0) is 8.93. The molecular formula is C12H24ClN. The third kappa shape index (κ3) is 3.78. The second-order valence-corrected chi connectivity index (χ2v) is 4.87. The predicted octanol–water partition coefficient (Wildman–Crippen LogP) is 0.169. The lowest BCUT2D eigenvalue weighted by Gasteiger charge is -2.32. The molecule has 14 heavy (non-hydrogen) atoms. The Hall–Kier alpha value is 0.250. The van der Waals surface area contributed by atoms with E-state index in [1.165, 1.54) is 71.0 Å². The summed E-state index contributed by atoms with van der Waals surface area (Å²) in [5, 5.41) is 0. The number of hydrogen-bond donors (Lipinski definition) is 0. The number of nitrogens with zero attached hydrogens (tertiary/aromatic N) is 1. The van der Waals surface area contributed by atoms with Crippen molar-refractivity contribution in [2.24, 2.45) is 5.92 Å². The SMILES string of the molecule is C1CCC(CN2CCCCC2)CC1.[Cl-].[H+]. The summed E-state index contributed by atoms with van der Waals surface area (Å²) in [6.45, 7) is 4.19. The zero-order valence-corrected chi connectivity index (χ0v) is 9.94. The maximum atomic E-state index is 2.71. The number of hydrogen-bond acceptors (Lipinski definition) is 1. The van der Waals surface area contributed by atoms with Gasteiger partial charge >= 0.3 is 1.43 Å². The molecular weight excluding hydrogens is 194 g/mol. The van der Waals surface area contributed by atoms with E-state index < -0.39 is 0 Å². The van der Waals surface area contributed by atoms with E-state index in [9.17, 15) is 0 Å². The third-order valence-electron chi connectivity index (χ3n) is 3.69. The topological polar surface area (TPSA) is 3.24 Å². The van der Waals surface area contributed by atoms with E-state index in [1.807, 2.05) is 0 Å². The van der Waals surface area contributed by atoms with Crippen LogP contribution in [0.25, 0.3) is 0 Å². The molecule has 0 bridgehead atoms. The van der Waals surface area contributed by atoms with Gasteiger partial charge in [0.2, 0.25) is 0 Å². The van der Waals surface area contributed by atoms with Crippen LogP contribution in [0.4, 0.5) is 0 Å². The Morgan fingerprint density at radius 2 is 1.43 bits per heavy atom. The monoisotopic (exact) mass is 217 g/mol. The Kier molecular flexibility index (Phi) is 5.88. The maximum absolute atomic E-state index is 2.71. The molecule has 0 spiro atoms. The number of rotatable bonds is 2. The van der Waals surface area contributed by atoms with Gasteiger partial charge in [0.25, 0.3) is 0 Å². The summed E-state index contributed by atoms with van der Waals surface area (Å²) in [5.74, 6) is 1.05. The molecule has 2 fully saturated rings. The summed E-state index contributed by atoms with van der Waals surface area (Å²) in [6, 6.07) is 0. The Labute approximate surface area is 96.1 Å². The summed E-state index contributed by atoms with van der Waals surface area (Å²) in [7, 11) is 0. The predicted molar refractivity (Wildman–Crippen MR) is 58.0 cm³/mol. The van der Waals surface area contributed by atoms with E-state index in [1.54, 1.807) is 0 Å². The first-order valence-electron chi connectivity index (χ1n) is 6.17. The molecule has 0 N–H and O–H groups in total. The Morgan fingerprint density at radius 1 is 0.857 bits per heavy atom. The minimum absolute atomic E-state index is 0. The molecule has 0 atom stereocenters. The summed E-state index contributed by atoms with van der Waals surface area (Å²) in [6.07, 6.45) is 11.9. The van der Waals surface area contributed by atoms with Gasteiger partial charge in [-0.15, -0.1) is 0 Å². The first-order chi connectivity index (χ1) is 6.45. The van der Waals surface area contributed by atoms with Crippen molar-refractivity contribution in [3.05, 3.63) is 0 Å². The third-order valence-corrected chi connectivity index (χ3v) is 3.69. The number of likely N-dealkylation sites (tertiary alicyclic amines) is 1. The van der Waals surface area contributed by atoms with Gasteiger partial charge in [-0.3, -0.25) is 0 Å². The van der Waals surface area contributed by atoms with Crippen molar-refractivity contribution in [2.45, 2.75) is 51.4 Å². The highest BCUT2D eigenvalue weighted by molar-refractivity contribution is 4.72. The summed E-state index contributed by atoms with van der Waals surface area (Å²) in [4.78, 5) is 2.71. The van der Waals surface area contributed by atoms with E-state index in [0.717, 1.165) is 5.92 Å². The van der Waals surface area contributed by atoms with Crippen molar-refractivity contribution >= 4 is 0 Å². The quantitative estimate of drug-likeness (QED) is 0.638. The van der Waals surface area contributed by atoms with Crippen LogP contribution in [-0.4, -0.2) is 24.5 Å². The minimum atomic E-state index is 0. The van der Waals surface area contributed by atoms with Crippen LogP contribution >= 0.6 is 0 Å². The largest absolute Gasteiger partial charge is 1.00 e. The van der Waals surface area contributed by atoms with Gasteiger partial charge in [-0.25, -0.2) is 0 Å². The number of piperidine rings is 1. The highest BCUT2D eigenvalue weighted by atomic mass is 35.5. The molecule has 1 aliphatic heterocycles. The zero-order valence-electron chi connectivity index (χ0n) is 10.2. The molecule has 84 valence electrons. The molecule has 2 rings (SSSR count). The van der Waals surface area contributed by atoms with Crippen molar-refractivity contribution in [3.63, 3.8) is 0 Å². The van der Waals surface area contributed by atoms with Crippen LogP contribution in [0.1, 0.15) is 52.8 Å². The Bertz CT molecular complexity index is 127. The van der Waals surface area contributed by atoms with Crippen LogP contribution in [0.3, 0.4) is 0 Å². The van der Waals surface area contributed by atoms with E-state index in [0.29, 0.717) is 0 Å². The molecule has 1 nitrogen and oxygen atoms in total. The van der Waals surface area contributed by atoms with Crippen molar-refractivity contribution in [2.75, 3.05) is 19.6 Å². The van der Waals surface area contributed by atoms with E-state index in [2.05, 4.69) is 4.90 Å². The highest BCUT2D eigenvalue weighted by Crippen LogP contribution is 2.25. The fourth-order valence-electron chi connectivity index (χ4n) is 2.88. The fourth-order valence-corrected chi connectivity index (χ4v) is 2.88. The van der Waals surface area contributed by atoms with Crippen molar-refractivity contribution < 1.29 is 13.8 Å². The standard InChI is InChI=1S/C12H23N.ClH/c1-3-7-12(8-4-1)11-13-9-5-2-6-10-13;/h12H,1-11H2;1H. The van der Waals surface area contributed by atoms with Crippen LogP contribution in [0, 0.1) is 5.92 Å². The van der Waals surface area contributed by atoms with Gasteiger partial charge in [0.1, 0.15) is 0 Å². The molecule has 1 aliphatic carbocycles. The summed E-state index contributed by atoms with van der Waals surface area (Å²) < 4.78 is 0. The summed E-state index contributed by atoms with van der Waals surface area (Å²) >= 11 is 0. The van der Waals surface area contributed by atoms with Gasteiger partial charge in [-0.2, -0.15) is 0 Å². The molecule has 2 heteroatoms. The molecule has 0 aromatic heterocycles. The van der Waals surface area contributed by atoms with E-state index in [-0.39, 0.29) is 13.8 Å². The lowest BCUT2D eigenvalue weighted by atomic mass is 9.88. The molecule has 1 heterocycles. The Balaban J connectivity index is 0.000000980. The maximum Gasteiger partial charge on any atom is 1.00 e. The van der Waals surface area contributed by atoms with Crippen LogP contribution < -0.4 is 12.4 Å². The van der Waals surface area contributed by atoms with Gasteiger partial charge in [0.15, 0.2) is 0 Å². The van der Waals surface area contributed by atoms with Gasteiger partial charge in [0, 0.05) is 6.54 Å². The lowest BCUT2D eigenvalue weighted by Crippen LogP contribution is -3.00. The van der Waals surface area contributed by atoms with Crippen molar-refractivity contribution in [1.82, 2.24) is 4.90 Å². The van der Waals surface area contributed by atoms with Crippen LogP contribution in [0.2, 0.25) is 0 Å². The second-order valence-electron chi connectivity index (χ2n) is 4.87. The van der Waals surface area contributed by atoms with Crippen molar-refractivity contribution in [3.8, 4) is 0 Å². The van der Waals surface area contributed by atoms with E-state index >= 15 is 0 Å². The molecule has 0 aromatic carbocycles. The molecule has 2 aliphatic rings. The molecule has 0 amide bonds. The molecule has 0 unspecified atom stereocenters. The average Bonchev–Trinajstić information content (AvgIpc) is 2.21. The first kappa shape index (κ1) is 12.3. The van der Waals surface area contributed by atoms with E-state index in [4.69, 9.17) is 0 Å². The fraction of sp³-hybridized carbons (Fsp3) is 1.00. The van der Waals surface area contributed by atoms with Gasteiger partial charge in [-0.05, 0) is 44.7 Å². The van der Waals surface area contributed by atoms with Crippen LogP contribution in [0.5, 0.6) is 0 Å². The highest BCUT2D eigenvalue weighted by Gasteiger charge is 2.18. The molecule has 0 aromatic rings. The lowest BCUT2D eigenvalue weighted by molar-refractivity contribution is -0.00000283. The minimum Gasteiger partial charge on any atom is -1.00 e. The smallest absolute Gasteiger partial charge is 1.00 e. The first-order valence-corrected chi connectivity index (χ1v) is 6.17. The van der Waals surface area contributed by atoms with Crippen LogP contribution in [-0.2, 0) is 0 Å². The van der Waals surface area contributed by atoms with Gasteiger partial charge < -0.3 is 17.3 Å². The number of halogens is 1. The van der Waals surface area contributed by atoms with Gasteiger partial charge in [0.05, 0.1) is 0 Å². The molecule has 0 radical (unpaired) electrons. The van der Waals surface area contributed by atoms with Gasteiger partial charge in [-0.1, -0.05) is 25.7 Å².